The van der Waals surface area contributed by atoms with E-state index in [1.807, 2.05) is 0 Å². The van der Waals surface area contributed by atoms with Gasteiger partial charge in [-0.25, -0.2) is 9.59 Å². The maximum absolute atomic E-state index is 11.5. The van der Waals surface area contributed by atoms with Crippen LogP contribution in [0.15, 0.2) is 38.3 Å². The minimum atomic E-state index is -0.772. The molecule has 1 aromatic carbocycles. The number of aromatic nitrogens is 1. The number of nitrogens with one attached hydrogen (secondary N) is 2. The number of hydrogen-bond donors (Lipinski definition) is 2. The van der Waals surface area contributed by atoms with Crippen LogP contribution in [-0.2, 0) is 4.79 Å². The monoisotopic (exact) mass is 260 g/mol. The molecule has 0 unspecified atom stereocenters. The number of aromatic amines is 1. The summed E-state index contributed by atoms with van der Waals surface area (Å²) in [5.74, 6) is -0.882. The van der Waals surface area contributed by atoms with Crippen molar-refractivity contribution in [3.05, 3.63) is 50.8 Å². The Hall–Kier alpha value is -2.63. The minimum Gasteiger partial charge on any atom is -0.372 e. The van der Waals surface area contributed by atoms with E-state index in [9.17, 15) is 14.4 Å². The van der Waals surface area contributed by atoms with Crippen LogP contribution in [0.2, 0.25) is 0 Å². The van der Waals surface area contributed by atoms with Crippen LogP contribution in [0, 0.1) is 0 Å². The van der Waals surface area contributed by atoms with Crippen LogP contribution in [0.5, 0.6) is 0 Å². The summed E-state index contributed by atoms with van der Waals surface area (Å²) in [6, 6.07) is 5.00. The number of carbonyl (C=O) groups is 1. The summed E-state index contributed by atoms with van der Waals surface area (Å²) in [7, 11) is 0. The summed E-state index contributed by atoms with van der Waals surface area (Å²) in [6.45, 7) is 1.85. The van der Waals surface area contributed by atoms with Gasteiger partial charge in [-0.05, 0) is 17.7 Å². The Labute approximate surface area is 107 Å². The lowest BCUT2D eigenvalue weighted by atomic mass is 10.1. The molecule has 2 aromatic rings. The Kier molecular flexibility index (Phi) is 3.61. The first-order valence-corrected chi connectivity index (χ1v) is 5.64. The molecule has 2 N–H and O–H groups in total. The van der Waals surface area contributed by atoms with Crippen LogP contribution in [0.4, 0.5) is 0 Å². The van der Waals surface area contributed by atoms with Gasteiger partial charge in [0.05, 0.1) is 10.9 Å². The molecule has 0 aliphatic carbocycles. The average Bonchev–Trinajstić information content (AvgIpc) is 2.35. The first kappa shape index (κ1) is 12.8. The number of hydrogen-bond acceptors (Lipinski definition) is 4. The van der Waals surface area contributed by atoms with Crippen molar-refractivity contribution in [2.75, 3.05) is 6.54 Å². The molecule has 0 aliphatic heterocycles. The fourth-order valence-electron chi connectivity index (χ4n) is 1.62. The van der Waals surface area contributed by atoms with E-state index in [0.717, 1.165) is 5.56 Å². The molecule has 98 valence electrons. The molecule has 2 rings (SSSR count). The van der Waals surface area contributed by atoms with E-state index in [4.69, 9.17) is 0 Å². The van der Waals surface area contributed by atoms with Gasteiger partial charge in [0.25, 0.3) is 0 Å². The molecule has 0 fully saturated rings. The minimum absolute atomic E-state index is 0.110. The zero-order valence-corrected chi connectivity index (χ0v) is 10.2. The Balaban J connectivity index is 2.29. The SMILES string of the molecule is CC(=O)NCC=Cc1ccc2[nH]c(=O)oc(=O)c2c1. The van der Waals surface area contributed by atoms with E-state index in [-0.39, 0.29) is 5.91 Å². The highest BCUT2D eigenvalue weighted by atomic mass is 16.4. The van der Waals surface area contributed by atoms with Gasteiger partial charge in [0.2, 0.25) is 5.91 Å². The first-order chi connectivity index (χ1) is 9.06. The van der Waals surface area contributed by atoms with Gasteiger partial charge < -0.3 is 9.73 Å². The second-order valence-corrected chi connectivity index (χ2v) is 3.95. The molecule has 19 heavy (non-hydrogen) atoms. The second kappa shape index (κ2) is 5.34. The Bertz CT molecular complexity index is 755. The second-order valence-electron chi connectivity index (χ2n) is 3.95. The van der Waals surface area contributed by atoms with Gasteiger partial charge in [0, 0.05) is 13.5 Å². The molecule has 0 saturated heterocycles. The van der Waals surface area contributed by atoms with Crippen LogP contribution < -0.4 is 16.7 Å². The van der Waals surface area contributed by atoms with Gasteiger partial charge in [-0.3, -0.25) is 9.78 Å². The van der Waals surface area contributed by atoms with Crippen molar-refractivity contribution >= 4 is 22.9 Å². The maximum atomic E-state index is 11.5. The zero-order chi connectivity index (χ0) is 13.8. The van der Waals surface area contributed by atoms with Crippen molar-refractivity contribution in [1.29, 1.82) is 0 Å². The van der Waals surface area contributed by atoms with E-state index < -0.39 is 11.4 Å². The molecule has 1 aromatic heterocycles. The summed E-state index contributed by atoms with van der Waals surface area (Å²) in [6.07, 6.45) is 3.52. The summed E-state index contributed by atoms with van der Waals surface area (Å²) < 4.78 is 4.45. The maximum Gasteiger partial charge on any atom is 0.419 e. The summed E-state index contributed by atoms with van der Waals surface area (Å²) in [4.78, 5) is 35.6. The highest BCUT2D eigenvalue weighted by Gasteiger charge is 2.02. The van der Waals surface area contributed by atoms with E-state index in [1.165, 1.54) is 6.92 Å². The van der Waals surface area contributed by atoms with Crippen LogP contribution in [0.1, 0.15) is 12.5 Å². The lowest BCUT2D eigenvalue weighted by molar-refractivity contribution is -0.118. The van der Waals surface area contributed by atoms with E-state index in [2.05, 4.69) is 14.7 Å². The predicted octanol–water partition coefficient (Wildman–Crippen LogP) is 0.631. The van der Waals surface area contributed by atoms with E-state index >= 15 is 0 Å². The average molecular weight is 260 g/mol. The molecular formula is C13H12N2O4. The van der Waals surface area contributed by atoms with Crippen molar-refractivity contribution in [3.8, 4) is 0 Å². The molecule has 0 spiro atoms. The number of rotatable bonds is 3. The third-order valence-electron chi connectivity index (χ3n) is 2.46. The smallest absolute Gasteiger partial charge is 0.372 e. The molecule has 1 heterocycles. The highest BCUT2D eigenvalue weighted by Crippen LogP contribution is 2.10. The van der Waals surface area contributed by atoms with E-state index in [1.54, 1.807) is 30.4 Å². The summed E-state index contributed by atoms with van der Waals surface area (Å²) in [5, 5.41) is 2.93. The standard InChI is InChI=1S/C13H12N2O4/c1-8(16)14-6-2-3-9-4-5-11-10(7-9)12(17)19-13(18)15-11/h2-5,7H,6H2,1H3,(H,14,16)(H,15,18). The lowest BCUT2D eigenvalue weighted by Crippen LogP contribution is -2.19. The Morgan fingerprint density at radius 1 is 1.42 bits per heavy atom. The van der Waals surface area contributed by atoms with Gasteiger partial charge in [-0.15, -0.1) is 0 Å². The summed E-state index contributed by atoms with van der Waals surface area (Å²) in [5.41, 5.74) is 0.535. The predicted molar refractivity (Wildman–Crippen MR) is 70.8 cm³/mol. The Morgan fingerprint density at radius 3 is 2.95 bits per heavy atom. The van der Waals surface area contributed by atoms with Gasteiger partial charge in [0.1, 0.15) is 0 Å². The quantitative estimate of drug-likeness (QED) is 0.846. The topological polar surface area (TPSA) is 92.2 Å². The van der Waals surface area contributed by atoms with Crippen molar-refractivity contribution < 1.29 is 9.21 Å². The molecule has 0 bridgehead atoms. The molecule has 1 amide bonds. The van der Waals surface area contributed by atoms with E-state index in [0.29, 0.717) is 17.4 Å². The normalized spacial score (nSPS) is 11.0. The highest BCUT2D eigenvalue weighted by molar-refractivity contribution is 5.79. The molecule has 6 heteroatoms. The Morgan fingerprint density at radius 2 is 2.21 bits per heavy atom. The van der Waals surface area contributed by atoms with Gasteiger partial charge in [0.15, 0.2) is 0 Å². The lowest BCUT2D eigenvalue weighted by Gasteiger charge is -1.98. The van der Waals surface area contributed by atoms with Crippen LogP contribution >= 0.6 is 0 Å². The van der Waals surface area contributed by atoms with Gasteiger partial charge >= 0.3 is 11.4 Å². The first-order valence-electron chi connectivity index (χ1n) is 5.64. The number of H-pyrrole nitrogens is 1. The third-order valence-corrected chi connectivity index (χ3v) is 2.46. The largest absolute Gasteiger partial charge is 0.419 e. The number of carbonyl (C=O) groups excluding carboxylic acids is 1. The molecule has 0 saturated carbocycles. The van der Waals surface area contributed by atoms with Gasteiger partial charge in [-0.1, -0.05) is 18.2 Å². The van der Waals surface area contributed by atoms with Crippen LogP contribution in [0.3, 0.4) is 0 Å². The van der Waals surface area contributed by atoms with Crippen molar-refractivity contribution in [2.24, 2.45) is 0 Å². The fourth-order valence-corrected chi connectivity index (χ4v) is 1.62. The molecule has 0 aliphatic rings. The van der Waals surface area contributed by atoms with Crippen LogP contribution in [-0.4, -0.2) is 17.4 Å². The van der Waals surface area contributed by atoms with Crippen molar-refractivity contribution in [1.82, 2.24) is 10.3 Å². The zero-order valence-electron chi connectivity index (χ0n) is 10.2. The van der Waals surface area contributed by atoms with Gasteiger partial charge in [-0.2, -0.15) is 0 Å². The molecule has 6 nitrogen and oxygen atoms in total. The number of fused-ring (bicyclic) bond motifs is 1. The van der Waals surface area contributed by atoms with Crippen molar-refractivity contribution in [3.63, 3.8) is 0 Å². The van der Waals surface area contributed by atoms with Crippen LogP contribution in [0.25, 0.3) is 17.0 Å². The molecule has 0 radical (unpaired) electrons. The molecule has 0 atom stereocenters. The number of amides is 1. The number of benzene rings is 1. The summed E-state index contributed by atoms with van der Waals surface area (Å²) >= 11 is 0. The fraction of sp³-hybridized carbons (Fsp3) is 0.154. The molecular weight excluding hydrogens is 248 g/mol. The third kappa shape index (κ3) is 3.19. The van der Waals surface area contributed by atoms with Crippen molar-refractivity contribution in [2.45, 2.75) is 6.92 Å².